The van der Waals surface area contributed by atoms with Crippen LogP contribution in [0.5, 0.6) is 0 Å². The highest BCUT2D eigenvalue weighted by molar-refractivity contribution is 14.0. The molecule has 0 bridgehead atoms. The number of aromatic nitrogens is 1. The van der Waals surface area contributed by atoms with Gasteiger partial charge in [0.05, 0.1) is 11.9 Å². The highest BCUT2D eigenvalue weighted by Gasteiger charge is 2.13. The number of carbonyl (C=O) groups is 1. The van der Waals surface area contributed by atoms with Crippen molar-refractivity contribution in [2.24, 2.45) is 10.7 Å². The first-order chi connectivity index (χ1) is 9.74. The van der Waals surface area contributed by atoms with Crippen molar-refractivity contribution in [1.29, 1.82) is 0 Å². The molecule has 1 aromatic rings. The second-order valence-electron chi connectivity index (χ2n) is 4.97. The monoisotopic (exact) mass is 403 g/mol. The summed E-state index contributed by atoms with van der Waals surface area (Å²) in [4.78, 5) is 19.7. The van der Waals surface area contributed by atoms with Gasteiger partial charge in [0.25, 0.3) is 0 Å². The fraction of sp³-hybridized carbons (Fsp3) is 0.500. The molecule has 0 saturated heterocycles. The van der Waals surface area contributed by atoms with Crippen LogP contribution in [0.4, 0.5) is 5.69 Å². The Hall–Kier alpha value is -1.38. The van der Waals surface area contributed by atoms with E-state index in [1.54, 1.807) is 24.5 Å². The van der Waals surface area contributed by atoms with Crippen LogP contribution >= 0.6 is 24.0 Å². The number of amides is 1. The summed E-state index contributed by atoms with van der Waals surface area (Å²) in [5.41, 5.74) is 6.45. The van der Waals surface area contributed by atoms with Crippen LogP contribution in [0.2, 0.25) is 0 Å². The van der Waals surface area contributed by atoms with Gasteiger partial charge >= 0.3 is 0 Å². The van der Waals surface area contributed by atoms with E-state index < -0.39 is 0 Å². The number of anilines is 1. The molecular weight excluding hydrogens is 381 g/mol. The van der Waals surface area contributed by atoms with Crippen LogP contribution in [0.15, 0.2) is 29.5 Å². The Morgan fingerprint density at radius 3 is 2.81 bits per heavy atom. The molecule has 1 aliphatic rings. The van der Waals surface area contributed by atoms with E-state index in [9.17, 15) is 4.79 Å². The molecule has 0 atom stereocenters. The summed E-state index contributed by atoms with van der Waals surface area (Å²) < 4.78 is 0. The van der Waals surface area contributed by atoms with E-state index in [4.69, 9.17) is 5.73 Å². The van der Waals surface area contributed by atoms with Crippen LogP contribution in [0.3, 0.4) is 0 Å². The average molecular weight is 403 g/mol. The maximum absolute atomic E-state index is 11.7. The zero-order valence-corrected chi connectivity index (χ0v) is 14.2. The Morgan fingerprint density at radius 2 is 2.14 bits per heavy atom. The number of hydrogen-bond donors (Lipinski definition) is 3. The van der Waals surface area contributed by atoms with Gasteiger partial charge in [-0.1, -0.05) is 19.3 Å². The molecule has 1 fully saturated rings. The van der Waals surface area contributed by atoms with Crippen LogP contribution in [0.25, 0.3) is 0 Å². The van der Waals surface area contributed by atoms with E-state index in [0.29, 0.717) is 17.7 Å². The second-order valence-corrected chi connectivity index (χ2v) is 4.97. The molecule has 1 aliphatic carbocycles. The van der Waals surface area contributed by atoms with Crippen molar-refractivity contribution >= 4 is 41.5 Å². The molecule has 0 spiro atoms. The predicted octanol–water partition coefficient (Wildman–Crippen LogP) is 1.88. The number of hydrogen-bond acceptors (Lipinski definition) is 3. The summed E-state index contributed by atoms with van der Waals surface area (Å²) in [7, 11) is 0. The van der Waals surface area contributed by atoms with Crippen LogP contribution in [0.1, 0.15) is 32.1 Å². The first-order valence-electron chi connectivity index (χ1n) is 7.00. The van der Waals surface area contributed by atoms with Crippen LogP contribution in [0, 0.1) is 0 Å². The Morgan fingerprint density at radius 1 is 1.38 bits per heavy atom. The van der Waals surface area contributed by atoms with E-state index >= 15 is 0 Å². The van der Waals surface area contributed by atoms with Crippen LogP contribution in [-0.4, -0.2) is 29.4 Å². The van der Waals surface area contributed by atoms with Crippen LogP contribution in [-0.2, 0) is 4.79 Å². The van der Waals surface area contributed by atoms with Crippen molar-refractivity contribution in [1.82, 2.24) is 10.3 Å². The fourth-order valence-corrected chi connectivity index (χ4v) is 2.30. The molecule has 1 aromatic heterocycles. The van der Waals surface area contributed by atoms with Gasteiger partial charge in [-0.15, -0.1) is 24.0 Å². The fourth-order valence-electron chi connectivity index (χ4n) is 2.30. The lowest BCUT2D eigenvalue weighted by molar-refractivity contribution is -0.114. The number of guanidine groups is 1. The van der Waals surface area contributed by atoms with Gasteiger partial charge in [0.15, 0.2) is 5.96 Å². The molecule has 1 saturated carbocycles. The topological polar surface area (TPSA) is 92.4 Å². The SMILES string of the molecule is I.NC(=NCC(=O)Nc1cccnc1)NC1CCCCC1. The van der Waals surface area contributed by atoms with Gasteiger partial charge in [0.1, 0.15) is 6.54 Å². The Labute approximate surface area is 142 Å². The zero-order valence-electron chi connectivity index (χ0n) is 11.9. The quantitative estimate of drug-likeness (QED) is 0.407. The number of nitrogens with zero attached hydrogens (tertiary/aromatic N) is 2. The van der Waals surface area contributed by atoms with Crippen molar-refractivity contribution in [2.75, 3.05) is 11.9 Å². The maximum Gasteiger partial charge on any atom is 0.246 e. The molecule has 4 N–H and O–H groups in total. The van der Waals surface area contributed by atoms with E-state index in [2.05, 4.69) is 20.6 Å². The lowest BCUT2D eigenvalue weighted by Crippen LogP contribution is -2.41. The number of carbonyl (C=O) groups excluding carboxylic acids is 1. The van der Waals surface area contributed by atoms with Gasteiger partial charge in [-0.05, 0) is 25.0 Å². The van der Waals surface area contributed by atoms with Gasteiger partial charge in [0.2, 0.25) is 5.91 Å². The van der Waals surface area contributed by atoms with E-state index in [1.807, 2.05) is 0 Å². The number of rotatable bonds is 4. The molecular formula is C14H22IN5O. The zero-order chi connectivity index (χ0) is 14.2. The first-order valence-corrected chi connectivity index (χ1v) is 7.00. The number of aliphatic imine (C=N–C) groups is 1. The summed E-state index contributed by atoms with van der Waals surface area (Å²) in [6.07, 6.45) is 9.24. The first kappa shape index (κ1) is 17.7. The van der Waals surface area contributed by atoms with Gasteiger partial charge < -0.3 is 16.4 Å². The molecule has 2 rings (SSSR count). The molecule has 7 heteroatoms. The highest BCUT2D eigenvalue weighted by atomic mass is 127. The summed E-state index contributed by atoms with van der Waals surface area (Å²) >= 11 is 0. The Balaban J connectivity index is 0.00000220. The van der Waals surface area contributed by atoms with Gasteiger partial charge in [-0.3, -0.25) is 9.78 Å². The third-order valence-electron chi connectivity index (χ3n) is 3.30. The number of nitrogens with two attached hydrogens (primary N) is 1. The van der Waals surface area contributed by atoms with Crippen molar-refractivity contribution in [3.8, 4) is 0 Å². The molecule has 0 radical (unpaired) electrons. The summed E-state index contributed by atoms with van der Waals surface area (Å²) in [5.74, 6) is 0.143. The third kappa shape index (κ3) is 6.74. The summed E-state index contributed by atoms with van der Waals surface area (Å²) in [6.45, 7) is 0.0143. The van der Waals surface area contributed by atoms with E-state index in [1.165, 1.54) is 19.3 Å². The molecule has 6 nitrogen and oxygen atoms in total. The van der Waals surface area contributed by atoms with Crippen molar-refractivity contribution in [3.63, 3.8) is 0 Å². The van der Waals surface area contributed by atoms with Gasteiger partial charge in [0, 0.05) is 12.2 Å². The minimum Gasteiger partial charge on any atom is -0.370 e. The molecule has 1 amide bonds. The average Bonchev–Trinajstić information content (AvgIpc) is 2.47. The minimum absolute atomic E-state index is 0. The molecule has 0 unspecified atom stereocenters. The van der Waals surface area contributed by atoms with E-state index in [-0.39, 0.29) is 36.4 Å². The smallest absolute Gasteiger partial charge is 0.246 e. The lowest BCUT2D eigenvalue weighted by Gasteiger charge is -2.23. The molecule has 21 heavy (non-hydrogen) atoms. The minimum atomic E-state index is -0.202. The summed E-state index contributed by atoms with van der Waals surface area (Å²) in [5, 5.41) is 5.88. The maximum atomic E-state index is 11.7. The van der Waals surface area contributed by atoms with Crippen molar-refractivity contribution < 1.29 is 4.79 Å². The second kappa shape index (κ2) is 9.54. The van der Waals surface area contributed by atoms with Crippen molar-refractivity contribution in [2.45, 2.75) is 38.1 Å². The number of nitrogens with one attached hydrogen (secondary N) is 2. The molecule has 0 aromatic carbocycles. The summed E-state index contributed by atoms with van der Waals surface area (Å²) in [6, 6.07) is 3.93. The normalized spacial score (nSPS) is 15.9. The van der Waals surface area contributed by atoms with E-state index in [0.717, 1.165) is 12.8 Å². The Bertz CT molecular complexity index is 460. The van der Waals surface area contributed by atoms with Gasteiger partial charge in [-0.25, -0.2) is 4.99 Å². The number of pyridine rings is 1. The number of halogens is 1. The third-order valence-corrected chi connectivity index (χ3v) is 3.30. The van der Waals surface area contributed by atoms with Crippen LogP contribution < -0.4 is 16.4 Å². The van der Waals surface area contributed by atoms with Gasteiger partial charge in [-0.2, -0.15) is 0 Å². The highest BCUT2D eigenvalue weighted by Crippen LogP contribution is 2.16. The largest absolute Gasteiger partial charge is 0.370 e. The molecule has 0 aliphatic heterocycles. The molecule has 1 heterocycles. The molecule has 116 valence electrons. The van der Waals surface area contributed by atoms with Crippen molar-refractivity contribution in [3.05, 3.63) is 24.5 Å². The standard InChI is InChI=1S/C14H21N5O.HI/c15-14(19-11-5-2-1-3-6-11)17-10-13(20)18-12-7-4-8-16-9-12;/h4,7-9,11H,1-3,5-6,10H2,(H,18,20)(H3,15,17,19);1H. The predicted molar refractivity (Wildman–Crippen MR) is 94.8 cm³/mol. The Kier molecular flexibility index (Phi) is 8.03. The lowest BCUT2D eigenvalue weighted by atomic mass is 9.96.